The number of hydrogen-bond donors (Lipinski definition) is 3. The maximum absolute atomic E-state index is 12.3. The molecule has 8 heteroatoms. The van der Waals surface area contributed by atoms with E-state index in [0.29, 0.717) is 11.5 Å². The van der Waals surface area contributed by atoms with Gasteiger partial charge in [-0.15, -0.1) is 0 Å². The van der Waals surface area contributed by atoms with Gasteiger partial charge < -0.3 is 5.73 Å². The molecule has 0 aliphatic carbocycles. The quantitative estimate of drug-likeness (QED) is 0.729. The summed E-state index contributed by atoms with van der Waals surface area (Å²) in [5.41, 5.74) is 7.99. The molecule has 0 spiro atoms. The number of aromatic amines is 1. The molecule has 0 saturated carbocycles. The monoisotopic (exact) mass is 295 g/mol. The van der Waals surface area contributed by atoms with E-state index in [2.05, 4.69) is 19.9 Å². The molecule has 1 aromatic carbocycles. The van der Waals surface area contributed by atoms with Crippen LogP contribution in [0.4, 0.5) is 5.69 Å². The number of hydrogen-bond acceptors (Lipinski definition) is 5. The smallest absolute Gasteiger partial charge is 0.241 e. The van der Waals surface area contributed by atoms with Crippen LogP contribution in [0.2, 0.25) is 0 Å². The van der Waals surface area contributed by atoms with Crippen molar-refractivity contribution in [1.29, 1.82) is 0 Å². The van der Waals surface area contributed by atoms with Gasteiger partial charge in [0.25, 0.3) is 0 Å². The zero-order valence-corrected chi connectivity index (χ0v) is 12.3. The number of aryl methyl sites for hydroxylation is 1. The molecule has 1 unspecified atom stereocenters. The molecular formula is C12H17N5O2S. The minimum absolute atomic E-state index is 0.143. The van der Waals surface area contributed by atoms with Crippen molar-refractivity contribution < 1.29 is 8.42 Å². The summed E-state index contributed by atoms with van der Waals surface area (Å²) in [7, 11) is -3.67. The van der Waals surface area contributed by atoms with Crippen molar-refractivity contribution in [3.8, 4) is 0 Å². The van der Waals surface area contributed by atoms with E-state index in [4.69, 9.17) is 5.73 Å². The van der Waals surface area contributed by atoms with Crippen LogP contribution in [0.1, 0.15) is 29.9 Å². The van der Waals surface area contributed by atoms with Crippen LogP contribution in [0, 0.1) is 13.8 Å². The molecule has 108 valence electrons. The number of nitrogen functional groups attached to an aromatic ring is 1. The average molecular weight is 295 g/mol. The molecule has 2 rings (SSSR count). The van der Waals surface area contributed by atoms with E-state index in [1.54, 1.807) is 13.0 Å². The van der Waals surface area contributed by atoms with Crippen LogP contribution in [-0.2, 0) is 10.0 Å². The summed E-state index contributed by atoms with van der Waals surface area (Å²) in [4.78, 5) is 4.07. The molecule has 0 amide bonds. The Labute approximate surface area is 117 Å². The van der Waals surface area contributed by atoms with E-state index in [0.717, 1.165) is 11.1 Å². The van der Waals surface area contributed by atoms with Gasteiger partial charge in [-0.05, 0) is 44.0 Å². The van der Waals surface area contributed by atoms with Crippen LogP contribution in [0.3, 0.4) is 0 Å². The highest BCUT2D eigenvalue weighted by Crippen LogP contribution is 2.22. The Balaban J connectivity index is 2.31. The van der Waals surface area contributed by atoms with Crippen LogP contribution < -0.4 is 10.5 Å². The number of rotatable bonds is 4. The van der Waals surface area contributed by atoms with Gasteiger partial charge in [-0.1, -0.05) is 0 Å². The van der Waals surface area contributed by atoms with Crippen LogP contribution in [0.5, 0.6) is 0 Å². The number of nitrogens with one attached hydrogen (secondary N) is 2. The van der Waals surface area contributed by atoms with Gasteiger partial charge >= 0.3 is 0 Å². The van der Waals surface area contributed by atoms with Crippen molar-refractivity contribution >= 4 is 15.7 Å². The minimum atomic E-state index is -3.67. The molecule has 0 saturated heterocycles. The summed E-state index contributed by atoms with van der Waals surface area (Å²) < 4.78 is 27.2. The highest BCUT2D eigenvalue weighted by Gasteiger charge is 2.21. The third-order valence-corrected chi connectivity index (χ3v) is 4.69. The van der Waals surface area contributed by atoms with Gasteiger partial charge in [-0.2, -0.15) is 5.10 Å². The fourth-order valence-corrected chi connectivity index (χ4v) is 3.12. The Hall–Kier alpha value is -1.93. The van der Waals surface area contributed by atoms with Gasteiger partial charge in [0.1, 0.15) is 12.2 Å². The Morgan fingerprint density at radius 3 is 2.60 bits per heavy atom. The second kappa shape index (κ2) is 5.22. The lowest BCUT2D eigenvalue weighted by Crippen LogP contribution is -2.27. The first-order chi connectivity index (χ1) is 9.31. The van der Waals surface area contributed by atoms with Gasteiger partial charge in [0.05, 0.1) is 10.9 Å². The normalized spacial score (nSPS) is 13.3. The number of H-pyrrole nitrogens is 1. The molecule has 7 nitrogen and oxygen atoms in total. The molecule has 1 aromatic heterocycles. The highest BCUT2D eigenvalue weighted by atomic mass is 32.2. The number of nitrogens with two attached hydrogens (primary N) is 1. The molecule has 0 aliphatic heterocycles. The van der Waals surface area contributed by atoms with Gasteiger partial charge in [0.2, 0.25) is 10.0 Å². The lowest BCUT2D eigenvalue weighted by Gasteiger charge is -2.14. The second-order valence-electron chi connectivity index (χ2n) is 4.67. The largest absolute Gasteiger partial charge is 0.398 e. The van der Waals surface area contributed by atoms with Crippen LogP contribution in [0.15, 0.2) is 23.4 Å². The third-order valence-electron chi connectivity index (χ3n) is 3.17. The zero-order chi connectivity index (χ0) is 14.9. The van der Waals surface area contributed by atoms with E-state index in [-0.39, 0.29) is 4.90 Å². The molecule has 1 heterocycles. The van der Waals surface area contributed by atoms with Gasteiger partial charge in [-0.3, -0.25) is 5.10 Å². The number of nitrogens with zero attached hydrogens (tertiary/aromatic N) is 2. The van der Waals surface area contributed by atoms with E-state index in [1.165, 1.54) is 12.4 Å². The molecule has 20 heavy (non-hydrogen) atoms. The van der Waals surface area contributed by atoms with Gasteiger partial charge in [0.15, 0.2) is 0 Å². The Kier molecular flexibility index (Phi) is 3.78. The first-order valence-electron chi connectivity index (χ1n) is 6.05. The lowest BCUT2D eigenvalue weighted by molar-refractivity contribution is 0.560. The predicted molar refractivity (Wildman–Crippen MR) is 75.4 cm³/mol. The van der Waals surface area contributed by atoms with E-state index < -0.39 is 16.1 Å². The molecule has 4 N–H and O–H groups in total. The van der Waals surface area contributed by atoms with Crippen LogP contribution >= 0.6 is 0 Å². The highest BCUT2D eigenvalue weighted by molar-refractivity contribution is 7.89. The van der Waals surface area contributed by atoms with E-state index in [9.17, 15) is 8.42 Å². The first kappa shape index (κ1) is 14.5. The Morgan fingerprint density at radius 1 is 1.35 bits per heavy atom. The predicted octanol–water partition coefficient (Wildman–Crippen LogP) is 1.04. The number of benzene rings is 1. The SMILES string of the molecule is Cc1cc(S(=O)(=O)NC(C)c2ncn[nH]2)cc(N)c1C. The summed E-state index contributed by atoms with van der Waals surface area (Å²) in [6.45, 7) is 5.36. The van der Waals surface area contributed by atoms with Crippen LogP contribution in [0.25, 0.3) is 0 Å². The topological polar surface area (TPSA) is 114 Å². The van der Waals surface area contributed by atoms with Crippen LogP contribution in [-0.4, -0.2) is 23.6 Å². The molecule has 0 fully saturated rings. The average Bonchev–Trinajstić information content (AvgIpc) is 2.88. The molecule has 0 aliphatic rings. The second-order valence-corrected chi connectivity index (χ2v) is 6.38. The van der Waals surface area contributed by atoms with Gasteiger partial charge in [-0.25, -0.2) is 18.1 Å². The number of aromatic nitrogens is 3. The first-order valence-corrected chi connectivity index (χ1v) is 7.54. The molecular weight excluding hydrogens is 278 g/mol. The summed E-state index contributed by atoms with van der Waals surface area (Å²) >= 11 is 0. The van der Waals surface area contributed by atoms with Crippen molar-refractivity contribution in [2.75, 3.05) is 5.73 Å². The molecule has 0 radical (unpaired) electrons. The summed E-state index contributed by atoms with van der Waals surface area (Å²) in [5, 5.41) is 6.32. The summed E-state index contributed by atoms with van der Waals surface area (Å²) in [5.74, 6) is 0.449. The maximum Gasteiger partial charge on any atom is 0.241 e. The van der Waals surface area contributed by atoms with E-state index >= 15 is 0 Å². The summed E-state index contributed by atoms with van der Waals surface area (Å²) in [6, 6.07) is 2.55. The molecule has 2 aromatic rings. The number of anilines is 1. The third kappa shape index (κ3) is 2.81. The molecule has 0 bridgehead atoms. The minimum Gasteiger partial charge on any atom is -0.398 e. The number of sulfonamides is 1. The van der Waals surface area contributed by atoms with E-state index in [1.807, 2.05) is 13.8 Å². The Bertz CT molecular complexity index is 686. The lowest BCUT2D eigenvalue weighted by atomic mass is 10.1. The van der Waals surface area contributed by atoms with Crippen molar-refractivity contribution in [2.45, 2.75) is 31.7 Å². The zero-order valence-electron chi connectivity index (χ0n) is 11.5. The van der Waals surface area contributed by atoms with Crippen molar-refractivity contribution in [3.63, 3.8) is 0 Å². The molecule has 1 atom stereocenters. The summed E-state index contributed by atoms with van der Waals surface area (Å²) in [6.07, 6.45) is 1.33. The standard InChI is InChI=1S/C12H17N5O2S/c1-7-4-10(5-11(13)8(7)2)20(18,19)17-9(3)12-14-6-15-16-12/h4-6,9,17H,13H2,1-3H3,(H,14,15,16). The van der Waals surface area contributed by atoms with Crippen molar-refractivity contribution in [1.82, 2.24) is 19.9 Å². The Morgan fingerprint density at radius 2 is 2.05 bits per heavy atom. The fraction of sp³-hybridized carbons (Fsp3) is 0.333. The van der Waals surface area contributed by atoms with Crippen molar-refractivity contribution in [2.24, 2.45) is 0 Å². The van der Waals surface area contributed by atoms with Crippen molar-refractivity contribution in [3.05, 3.63) is 35.4 Å². The fourth-order valence-electron chi connectivity index (χ4n) is 1.79. The maximum atomic E-state index is 12.3. The van der Waals surface area contributed by atoms with Gasteiger partial charge in [0, 0.05) is 5.69 Å².